The van der Waals surface area contributed by atoms with Gasteiger partial charge in [0.15, 0.2) is 11.2 Å². The van der Waals surface area contributed by atoms with Crippen molar-refractivity contribution >= 4 is 5.52 Å². The number of rotatable bonds is 2. The first-order valence-corrected chi connectivity index (χ1v) is 5.44. The highest BCUT2D eigenvalue weighted by Crippen LogP contribution is 2.10. The van der Waals surface area contributed by atoms with Gasteiger partial charge in [-0.3, -0.25) is 0 Å². The van der Waals surface area contributed by atoms with Gasteiger partial charge in [-0.25, -0.2) is 9.38 Å². The van der Waals surface area contributed by atoms with Crippen molar-refractivity contribution in [3.8, 4) is 0 Å². The van der Waals surface area contributed by atoms with Gasteiger partial charge < -0.3 is 17.0 Å². The van der Waals surface area contributed by atoms with Crippen molar-refractivity contribution < 1.29 is 21.4 Å². The molecule has 2 nitrogen and oxygen atoms in total. The van der Waals surface area contributed by atoms with E-state index >= 15 is 0 Å². The molecule has 0 atom stereocenters. The summed E-state index contributed by atoms with van der Waals surface area (Å²) in [5, 5.41) is 0. The molecule has 3 rings (SSSR count). The minimum Gasteiger partial charge on any atom is -1.00 e. The van der Waals surface area contributed by atoms with Crippen molar-refractivity contribution in [1.82, 2.24) is 4.98 Å². The van der Waals surface area contributed by atoms with Crippen LogP contribution >= 0.6 is 0 Å². The summed E-state index contributed by atoms with van der Waals surface area (Å²) in [6.45, 7) is 0. The third kappa shape index (κ3) is 2.39. The van der Waals surface area contributed by atoms with Crippen molar-refractivity contribution in [2.75, 3.05) is 0 Å². The minimum atomic E-state index is 0. The van der Waals surface area contributed by atoms with Gasteiger partial charge in [-0.2, -0.15) is 0 Å². The van der Waals surface area contributed by atoms with Crippen molar-refractivity contribution in [3.05, 3.63) is 72.3 Å². The summed E-state index contributed by atoms with van der Waals surface area (Å²) in [6, 6.07) is 16.7. The van der Waals surface area contributed by atoms with Crippen LogP contribution in [0.2, 0.25) is 0 Å². The lowest BCUT2D eigenvalue weighted by Crippen LogP contribution is -3.00. The van der Waals surface area contributed by atoms with E-state index in [0.717, 1.165) is 6.42 Å². The Balaban J connectivity index is 0.00000108. The smallest absolute Gasteiger partial charge is 0.246 e. The van der Waals surface area contributed by atoms with E-state index in [0.29, 0.717) is 0 Å². The monoisotopic (exact) mass is 288 g/mol. The van der Waals surface area contributed by atoms with E-state index in [-0.39, 0.29) is 17.0 Å². The Morgan fingerprint density at radius 1 is 0.941 bits per heavy atom. The Kier molecular flexibility index (Phi) is 3.59. The van der Waals surface area contributed by atoms with Crippen LogP contribution in [0.3, 0.4) is 0 Å². The van der Waals surface area contributed by atoms with E-state index in [1.165, 1.54) is 16.8 Å². The van der Waals surface area contributed by atoms with E-state index in [4.69, 9.17) is 0 Å². The number of hydrogen-bond acceptors (Lipinski definition) is 0. The van der Waals surface area contributed by atoms with Gasteiger partial charge in [0.25, 0.3) is 0 Å². The van der Waals surface area contributed by atoms with Crippen LogP contribution in [0.5, 0.6) is 0 Å². The molecule has 1 aromatic carbocycles. The van der Waals surface area contributed by atoms with Crippen LogP contribution in [0.15, 0.2) is 61.1 Å². The molecule has 0 aliphatic carbocycles. The molecule has 2 aromatic heterocycles. The predicted molar refractivity (Wildman–Crippen MR) is 63.2 cm³/mol. The number of fused-ring (bicyclic) bond motifs is 1. The maximum atomic E-state index is 3.33. The first kappa shape index (κ1) is 11.9. The van der Waals surface area contributed by atoms with E-state index in [1.54, 1.807) is 0 Å². The molecule has 2 heterocycles. The number of nitrogens with one attached hydrogen (secondary N) is 1. The maximum absolute atomic E-state index is 3.33. The molecular formula is C14H13BrN2. The van der Waals surface area contributed by atoms with Gasteiger partial charge in [0.05, 0.1) is 6.20 Å². The molecule has 0 aliphatic rings. The Labute approximate surface area is 111 Å². The van der Waals surface area contributed by atoms with E-state index in [1.807, 2.05) is 18.5 Å². The number of halogens is 1. The maximum Gasteiger partial charge on any atom is 0.246 e. The zero-order valence-corrected chi connectivity index (χ0v) is 10.9. The summed E-state index contributed by atoms with van der Waals surface area (Å²) in [5.41, 5.74) is 3.83. The average molecular weight is 289 g/mol. The van der Waals surface area contributed by atoms with Crippen LogP contribution in [0.4, 0.5) is 0 Å². The molecule has 0 saturated heterocycles. The second-order valence-electron chi connectivity index (χ2n) is 3.91. The molecule has 0 spiro atoms. The van der Waals surface area contributed by atoms with Crippen LogP contribution in [0.1, 0.15) is 11.3 Å². The summed E-state index contributed by atoms with van der Waals surface area (Å²) in [7, 11) is 0. The number of hydrogen-bond donors (Lipinski definition) is 1. The largest absolute Gasteiger partial charge is 1.00 e. The Morgan fingerprint density at radius 2 is 1.71 bits per heavy atom. The molecule has 17 heavy (non-hydrogen) atoms. The highest BCUT2D eigenvalue weighted by Gasteiger charge is 2.09. The van der Waals surface area contributed by atoms with Gasteiger partial charge in [-0.1, -0.05) is 36.4 Å². The summed E-state index contributed by atoms with van der Waals surface area (Å²) in [5.74, 6) is 0. The van der Waals surface area contributed by atoms with Crippen LogP contribution < -0.4 is 21.4 Å². The van der Waals surface area contributed by atoms with Gasteiger partial charge >= 0.3 is 0 Å². The fourth-order valence-corrected chi connectivity index (χ4v) is 1.99. The van der Waals surface area contributed by atoms with Gasteiger partial charge in [0.2, 0.25) is 6.33 Å². The Bertz CT molecular complexity index is 602. The fraction of sp³-hybridized carbons (Fsp3) is 0.0714. The van der Waals surface area contributed by atoms with Crippen LogP contribution in [0, 0.1) is 0 Å². The van der Waals surface area contributed by atoms with Crippen molar-refractivity contribution in [2.45, 2.75) is 6.42 Å². The number of aromatic nitrogens is 2. The van der Waals surface area contributed by atoms with E-state index < -0.39 is 0 Å². The zero-order chi connectivity index (χ0) is 10.8. The van der Waals surface area contributed by atoms with Gasteiger partial charge in [0.1, 0.15) is 0 Å². The average Bonchev–Trinajstić information content (AvgIpc) is 2.74. The molecule has 0 bridgehead atoms. The number of H-pyrrole nitrogens is 1. The first-order chi connectivity index (χ1) is 7.93. The normalized spacial score (nSPS) is 10.1. The molecule has 0 saturated carbocycles. The Morgan fingerprint density at radius 3 is 2.53 bits per heavy atom. The van der Waals surface area contributed by atoms with Gasteiger partial charge in [-0.15, -0.1) is 0 Å². The van der Waals surface area contributed by atoms with Gasteiger partial charge in [0, 0.05) is 6.42 Å². The van der Waals surface area contributed by atoms with Crippen molar-refractivity contribution in [1.29, 1.82) is 0 Å². The minimum absolute atomic E-state index is 0. The van der Waals surface area contributed by atoms with Crippen LogP contribution in [-0.2, 0) is 6.42 Å². The first-order valence-electron chi connectivity index (χ1n) is 5.44. The number of pyridine rings is 1. The summed E-state index contributed by atoms with van der Waals surface area (Å²) < 4.78 is 2.11. The third-order valence-electron chi connectivity index (χ3n) is 2.80. The third-order valence-corrected chi connectivity index (χ3v) is 2.80. The number of imidazole rings is 1. The van der Waals surface area contributed by atoms with Crippen molar-refractivity contribution in [3.63, 3.8) is 0 Å². The molecule has 3 heteroatoms. The fourth-order valence-electron chi connectivity index (χ4n) is 1.99. The highest BCUT2D eigenvalue weighted by atomic mass is 79.9. The lowest BCUT2D eigenvalue weighted by molar-refractivity contribution is -0.511. The second kappa shape index (κ2) is 5.15. The number of aromatic amines is 1. The second-order valence-corrected chi connectivity index (χ2v) is 3.91. The molecule has 0 unspecified atom stereocenters. The molecule has 1 N–H and O–H groups in total. The molecule has 0 radical (unpaired) electrons. The van der Waals surface area contributed by atoms with E-state index in [2.05, 4.69) is 52.0 Å². The van der Waals surface area contributed by atoms with Crippen LogP contribution in [0.25, 0.3) is 5.52 Å². The molecule has 0 fully saturated rings. The summed E-state index contributed by atoms with van der Waals surface area (Å²) in [4.78, 5) is 3.33. The number of nitrogens with zero attached hydrogens (tertiary/aromatic N) is 1. The molecule has 0 aliphatic heterocycles. The van der Waals surface area contributed by atoms with Gasteiger partial charge in [-0.05, 0) is 17.7 Å². The SMILES string of the molecule is [Br-].c1ccc(Cc2[nH]c[n+]3ccccc23)cc1. The molecule has 3 aromatic rings. The summed E-state index contributed by atoms with van der Waals surface area (Å²) >= 11 is 0. The summed E-state index contributed by atoms with van der Waals surface area (Å²) in [6.07, 6.45) is 5.00. The quantitative estimate of drug-likeness (QED) is 0.605. The highest BCUT2D eigenvalue weighted by molar-refractivity contribution is 5.46. The lowest BCUT2D eigenvalue weighted by Gasteiger charge is -1.95. The van der Waals surface area contributed by atoms with Crippen molar-refractivity contribution in [2.24, 2.45) is 0 Å². The standard InChI is InChI=1S/C14H12N2.BrH/c1-2-6-12(7-3-1)10-13-14-8-4-5-9-16(14)11-15-13;/h1-9,11H,10H2;1H. The topological polar surface area (TPSA) is 19.9 Å². The zero-order valence-electron chi connectivity index (χ0n) is 9.31. The van der Waals surface area contributed by atoms with Crippen LogP contribution in [-0.4, -0.2) is 4.98 Å². The molecule has 0 amide bonds. The Hall–Kier alpha value is -1.61. The molecular weight excluding hydrogens is 276 g/mol. The lowest BCUT2D eigenvalue weighted by atomic mass is 10.1. The van der Waals surface area contributed by atoms with E-state index in [9.17, 15) is 0 Å². The predicted octanol–water partition coefficient (Wildman–Crippen LogP) is -0.652. The molecule has 86 valence electrons. The number of benzene rings is 1.